The second kappa shape index (κ2) is 6.03. The Morgan fingerprint density at radius 1 is 1.31 bits per heavy atom. The molecule has 0 spiro atoms. The molecule has 1 rings (SSSR count). The first-order valence-corrected chi connectivity index (χ1v) is 10.5. The molecule has 0 saturated carbocycles. The third kappa shape index (κ3) is 4.07. The topological polar surface area (TPSA) is 0 Å². The third-order valence-electron chi connectivity index (χ3n) is 2.44. The fraction of sp³-hybridized carbons (Fsp3) is 0.385. The summed E-state index contributed by atoms with van der Waals surface area (Å²) in [5.74, 6) is 0. The van der Waals surface area contributed by atoms with Crippen LogP contribution in [-0.4, -0.2) is 23.3 Å². The number of rotatable bonds is 5. The zero-order valence-electron chi connectivity index (χ0n) is 10.2. The number of alkyl halides is 1. The minimum atomic E-state index is -1.51. The van der Waals surface area contributed by atoms with Gasteiger partial charge in [0.25, 0.3) is 0 Å². The Balaban J connectivity index is 2.66. The average Bonchev–Trinajstić information content (AvgIpc) is 2.21. The Kier molecular flexibility index (Phi) is 5.28. The summed E-state index contributed by atoms with van der Waals surface area (Å²) in [4.78, 5) is 0. The molecule has 90 valence electrons. The van der Waals surface area contributed by atoms with Crippen molar-refractivity contribution < 1.29 is 2.70 Å². The van der Waals surface area contributed by atoms with Gasteiger partial charge in [-0.05, 0) is 0 Å². The maximum atomic E-state index is 6.61. The molecule has 3 heteroatoms. The van der Waals surface area contributed by atoms with Crippen LogP contribution in [0.25, 0.3) is 0 Å². The van der Waals surface area contributed by atoms with E-state index in [2.05, 4.69) is 51.9 Å². The van der Waals surface area contributed by atoms with Crippen LogP contribution >= 0.6 is 27.9 Å². The molecule has 0 unspecified atom stereocenters. The van der Waals surface area contributed by atoms with Gasteiger partial charge in [0, 0.05) is 0 Å². The number of nitrogens with zero attached hydrogens (tertiary/aromatic N) is 1. The van der Waals surface area contributed by atoms with E-state index in [4.69, 9.17) is 8.91 Å². The summed E-state index contributed by atoms with van der Waals surface area (Å²) >= 11 is -1.51. The predicted molar refractivity (Wildman–Crippen MR) is 81.9 cm³/mol. The first kappa shape index (κ1) is 14.0. The van der Waals surface area contributed by atoms with E-state index in [0.29, 0.717) is 0 Å². The minimum absolute atomic E-state index is 0.919. The van der Waals surface area contributed by atoms with Crippen molar-refractivity contribution in [2.45, 2.75) is 11.4 Å². The van der Waals surface area contributed by atoms with E-state index in [1.807, 2.05) is 6.08 Å². The van der Waals surface area contributed by atoms with Gasteiger partial charge in [-0.1, -0.05) is 0 Å². The van der Waals surface area contributed by atoms with E-state index >= 15 is 0 Å². The number of hydrogen-bond acceptors (Lipinski definition) is 0. The summed E-state index contributed by atoms with van der Waals surface area (Å²) in [5, 5.41) is 0. The molecule has 0 heterocycles. The molecule has 0 aromatic heterocycles. The van der Waals surface area contributed by atoms with Crippen LogP contribution in [0.15, 0.2) is 36.9 Å². The number of halogens is 2. The number of quaternary nitrogens is 1. The van der Waals surface area contributed by atoms with Gasteiger partial charge in [0.2, 0.25) is 0 Å². The number of benzene rings is 1. The van der Waals surface area contributed by atoms with Crippen LogP contribution in [0.1, 0.15) is 11.1 Å². The molecule has 0 N–H and O–H groups in total. The Morgan fingerprint density at radius 2 is 1.88 bits per heavy atom. The van der Waals surface area contributed by atoms with Crippen molar-refractivity contribution in [3.8, 4) is 0 Å². The van der Waals surface area contributed by atoms with Crippen molar-refractivity contribution in [1.29, 1.82) is 0 Å². The van der Waals surface area contributed by atoms with Gasteiger partial charge in [0.15, 0.2) is 0 Å². The fourth-order valence-corrected chi connectivity index (χ4v) is 5.35. The summed E-state index contributed by atoms with van der Waals surface area (Å²) in [6.07, 6.45) is 1.96. The van der Waals surface area contributed by atoms with Crippen molar-refractivity contribution in [3.63, 3.8) is 0 Å². The molecule has 1 aromatic carbocycles. The van der Waals surface area contributed by atoms with Crippen LogP contribution in [0.3, 0.4) is 0 Å². The summed E-state index contributed by atoms with van der Waals surface area (Å²) in [7, 11) is 11.0. The molecule has 0 aliphatic heterocycles. The summed E-state index contributed by atoms with van der Waals surface area (Å²) in [6.45, 7) is 6.87. The van der Waals surface area contributed by atoms with Gasteiger partial charge >= 0.3 is 111 Å². The van der Waals surface area contributed by atoms with E-state index in [-0.39, 0.29) is 0 Å². The molecule has 0 atom stereocenters. The van der Waals surface area contributed by atoms with E-state index in [9.17, 15) is 0 Å². The SMILES string of the molecule is C=CC[N+](C)(C)I(Cl)Cc1ccc(C)cc1. The van der Waals surface area contributed by atoms with Crippen molar-refractivity contribution in [2.75, 3.05) is 20.6 Å². The molecule has 0 saturated heterocycles. The molecule has 16 heavy (non-hydrogen) atoms. The summed E-state index contributed by atoms with van der Waals surface area (Å²) in [5.41, 5.74) is 2.67. The maximum absolute atomic E-state index is 6.61. The third-order valence-corrected chi connectivity index (χ3v) is 10.2. The van der Waals surface area contributed by atoms with E-state index in [1.54, 1.807) is 0 Å². The monoisotopic (exact) mass is 352 g/mol. The first-order chi connectivity index (χ1) is 7.45. The van der Waals surface area contributed by atoms with Crippen molar-refractivity contribution in [2.24, 2.45) is 0 Å². The Hall–Kier alpha value is -0.0600. The molecular formula is C13H20ClIN+. The van der Waals surface area contributed by atoms with Gasteiger partial charge < -0.3 is 0 Å². The quantitative estimate of drug-likeness (QED) is 0.320. The molecule has 1 nitrogen and oxygen atoms in total. The average molecular weight is 353 g/mol. The molecule has 0 amide bonds. The van der Waals surface area contributed by atoms with Crippen molar-refractivity contribution in [3.05, 3.63) is 48.0 Å². The second-order valence-electron chi connectivity index (χ2n) is 4.41. The number of hydrogen-bond donors (Lipinski definition) is 0. The van der Waals surface area contributed by atoms with Crippen LogP contribution in [0.2, 0.25) is 0 Å². The van der Waals surface area contributed by atoms with Crippen LogP contribution in [-0.2, 0) is 4.43 Å². The standard InChI is InChI=1S/C13H20ClIN/c1-5-10-16(3,4)15(14)11-13-8-6-12(2)7-9-13/h5-9H,1,10-11H2,2-4H3/q+1. The zero-order chi connectivity index (χ0) is 12.2. The number of likely N-dealkylation sites (N-methyl/N-ethyl adjacent to an activating group) is 1. The Bertz CT molecular complexity index is 345. The molecule has 0 bridgehead atoms. The normalized spacial score (nSPS) is 12.4. The Labute approximate surface area is 110 Å². The number of aryl methyl sites for hydroxylation is 1. The van der Waals surface area contributed by atoms with E-state index in [1.165, 1.54) is 11.1 Å². The molecule has 0 fully saturated rings. The van der Waals surface area contributed by atoms with Crippen LogP contribution < -0.4 is 0 Å². The Morgan fingerprint density at radius 3 is 2.38 bits per heavy atom. The van der Waals surface area contributed by atoms with Crippen molar-refractivity contribution >= 4 is 27.9 Å². The summed E-state index contributed by atoms with van der Waals surface area (Å²) < 4.78 is 1.97. The summed E-state index contributed by atoms with van der Waals surface area (Å²) in [6, 6.07) is 8.69. The van der Waals surface area contributed by atoms with Crippen LogP contribution in [0.4, 0.5) is 0 Å². The molecule has 0 radical (unpaired) electrons. The first-order valence-electron chi connectivity index (χ1n) is 5.28. The van der Waals surface area contributed by atoms with Gasteiger partial charge in [0.05, 0.1) is 0 Å². The predicted octanol–water partition coefficient (Wildman–Crippen LogP) is 4.33. The molecule has 1 aromatic rings. The van der Waals surface area contributed by atoms with Gasteiger partial charge in [-0.25, -0.2) is 0 Å². The zero-order valence-corrected chi connectivity index (χ0v) is 13.1. The molecule has 0 aliphatic carbocycles. The van der Waals surface area contributed by atoms with Crippen LogP contribution in [0, 0.1) is 6.92 Å². The second-order valence-corrected chi connectivity index (χ2v) is 11.6. The van der Waals surface area contributed by atoms with E-state index < -0.39 is 19.0 Å². The van der Waals surface area contributed by atoms with Gasteiger partial charge in [-0.3, -0.25) is 0 Å². The molecular weight excluding hydrogens is 333 g/mol. The van der Waals surface area contributed by atoms with E-state index in [0.717, 1.165) is 13.7 Å². The van der Waals surface area contributed by atoms with Gasteiger partial charge in [-0.15, -0.1) is 0 Å². The molecule has 0 aliphatic rings. The van der Waals surface area contributed by atoms with Crippen LogP contribution in [0.5, 0.6) is 0 Å². The van der Waals surface area contributed by atoms with Gasteiger partial charge in [0.1, 0.15) is 0 Å². The van der Waals surface area contributed by atoms with Crippen molar-refractivity contribution in [1.82, 2.24) is 0 Å². The van der Waals surface area contributed by atoms with Gasteiger partial charge in [-0.2, -0.15) is 0 Å². The fourth-order valence-electron chi connectivity index (χ4n) is 1.35.